The van der Waals surface area contributed by atoms with Gasteiger partial charge in [-0.05, 0) is 36.1 Å². The Morgan fingerprint density at radius 3 is 2.30 bits per heavy atom. The van der Waals surface area contributed by atoms with E-state index >= 15 is 0 Å². The number of benzene rings is 1. The Balaban J connectivity index is 2.59. The molecule has 1 N–H and O–H groups in total. The van der Waals surface area contributed by atoms with Crippen LogP contribution in [0.2, 0.25) is 0 Å². The Bertz CT molecular complexity index is 705. The molecule has 0 fully saturated rings. The summed E-state index contributed by atoms with van der Waals surface area (Å²) < 4.78 is 1.44. The van der Waals surface area contributed by atoms with Gasteiger partial charge in [0.1, 0.15) is 0 Å². The highest BCUT2D eigenvalue weighted by Crippen LogP contribution is 2.29. The highest BCUT2D eigenvalue weighted by molar-refractivity contribution is 7.80. The Labute approximate surface area is 123 Å². The molecule has 0 unspecified atom stereocenters. The summed E-state index contributed by atoms with van der Waals surface area (Å²) in [4.78, 5) is 24.5. The van der Waals surface area contributed by atoms with Crippen LogP contribution >= 0.6 is 12.6 Å². The molecule has 0 aliphatic rings. The first kappa shape index (κ1) is 14.9. The van der Waals surface area contributed by atoms with E-state index in [1.807, 2.05) is 0 Å². The summed E-state index contributed by atoms with van der Waals surface area (Å²) in [6.45, 7) is 4.66. The lowest BCUT2D eigenvalue weighted by atomic mass is 9.84. The lowest BCUT2D eigenvalue weighted by Crippen LogP contribution is -2.37. The van der Waals surface area contributed by atoms with E-state index in [-0.39, 0.29) is 16.5 Å². The third-order valence-corrected chi connectivity index (χ3v) is 4.88. The molecule has 5 heteroatoms. The van der Waals surface area contributed by atoms with Gasteiger partial charge in [0.2, 0.25) is 0 Å². The van der Waals surface area contributed by atoms with E-state index in [0.717, 1.165) is 12.8 Å². The molecule has 4 nitrogen and oxygen atoms in total. The maximum Gasteiger partial charge on any atom is 0.273 e. The third kappa shape index (κ3) is 2.54. The third-order valence-electron chi connectivity index (χ3n) is 4.21. The van der Waals surface area contributed by atoms with Crippen molar-refractivity contribution in [3.8, 4) is 0 Å². The summed E-state index contributed by atoms with van der Waals surface area (Å²) >= 11 is 4.42. The largest absolute Gasteiger partial charge is 0.273 e. The molecule has 0 atom stereocenters. The van der Waals surface area contributed by atoms with Crippen LogP contribution in [0.15, 0.2) is 33.9 Å². The number of aromatic amines is 1. The van der Waals surface area contributed by atoms with Crippen molar-refractivity contribution in [1.29, 1.82) is 0 Å². The van der Waals surface area contributed by atoms with E-state index in [9.17, 15) is 9.59 Å². The summed E-state index contributed by atoms with van der Waals surface area (Å²) in [6.07, 6.45) is 1.82. The maximum absolute atomic E-state index is 12.5. The van der Waals surface area contributed by atoms with Crippen molar-refractivity contribution in [3.05, 3.63) is 45.0 Å². The number of H-pyrrole nitrogens is 1. The molecule has 0 saturated carbocycles. The Morgan fingerprint density at radius 2 is 1.75 bits per heavy atom. The van der Waals surface area contributed by atoms with Crippen LogP contribution in [0.1, 0.15) is 26.7 Å². The fraction of sp³-hybridized carbons (Fsp3) is 0.467. The second-order valence-electron chi connectivity index (χ2n) is 5.24. The molecule has 0 bridgehead atoms. The van der Waals surface area contributed by atoms with E-state index in [4.69, 9.17) is 0 Å². The number of aromatic nitrogens is 2. The van der Waals surface area contributed by atoms with Crippen LogP contribution in [-0.2, 0) is 6.54 Å². The summed E-state index contributed by atoms with van der Waals surface area (Å²) in [7, 11) is 0. The fourth-order valence-corrected chi connectivity index (χ4v) is 2.99. The molecule has 0 saturated heterocycles. The average molecular weight is 292 g/mol. The molecule has 0 radical (unpaired) electrons. The van der Waals surface area contributed by atoms with Gasteiger partial charge in [-0.25, -0.2) is 4.68 Å². The van der Waals surface area contributed by atoms with Crippen LogP contribution < -0.4 is 11.1 Å². The number of nitrogens with one attached hydrogen (secondary N) is 1. The molecule has 0 spiro atoms. The zero-order valence-corrected chi connectivity index (χ0v) is 12.7. The van der Waals surface area contributed by atoms with Gasteiger partial charge in [0.15, 0.2) is 0 Å². The molecule has 2 aromatic rings. The quantitative estimate of drug-likeness (QED) is 0.832. The van der Waals surface area contributed by atoms with E-state index in [0.29, 0.717) is 23.1 Å². The highest BCUT2D eigenvalue weighted by Gasteiger charge is 2.26. The van der Waals surface area contributed by atoms with E-state index in [1.165, 1.54) is 4.68 Å². The van der Waals surface area contributed by atoms with Crippen molar-refractivity contribution in [2.45, 2.75) is 33.2 Å². The maximum atomic E-state index is 12.5. The average Bonchev–Trinajstić information content (AvgIpc) is 2.50. The van der Waals surface area contributed by atoms with Gasteiger partial charge in [0.25, 0.3) is 11.1 Å². The highest BCUT2D eigenvalue weighted by atomic mass is 32.1. The summed E-state index contributed by atoms with van der Waals surface area (Å²) in [6, 6.07) is 6.91. The van der Waals surface area contributed by atoms with Gasteiger partial charge in [-0.3, -0.25) is 14.7 Å². The van der Waals surface area contributed by atoms with E-state index < -0.39 is 0 Å². The predicted molar refractivity (Wildman–Crippen MR) is 85.7 cm³/mol. The second-order valence-corrected chi connectivity index (χ2v) is 5.56. The van der Waals surface area contributed by atoms with Crippen LogP contribution in [0.5, 0.6) is 0 Å². The first-order valence-corrected chi connectivity index (χ1v) is 7.53. The number of thiol groups is 1. The van der Waals surface area contributed by atoms with Crippen LogP contribution in [0.25, 0.3) is 10.8 Å². The van der Waals surface area contributed by atoms with Crippen molar-refractivity contribution < 1.29 is 0 Å². The van der Waals surface area contributed by atoms with Gasteiger partial charge >= 0.3 is 0 Å². The molecule has 1 aromatic heterocycles. The molecule has 20 heavy (non-hydrogen) atoms. The second kappa shape index (κ2) is 5.87. The predicted octanol–water partition coefficient (Wildman–Crippen LogP) is 2.43. The molecule has 0 aliphatic carbocycles. The zero-order valence-electron chi connectivity index (χ0n) is 11.8. The standard InChI is InChI=1S/C15H20N2O2S/c1-3-15(4-2,10-20)9-17-14(19)12-8-6-5-7-11(12)13(18)16-17/h5-8,20H,3-4,9-10H2,1-2H3,(H,16,18). The summed E-state index contributed by atoms with van der Waals surface area (Å²) in [5, 5.41) is 3.60. The molecule has 2 rings (SSSR count). The van der Waals surface area contributed by atoms with Gasteiger partial charge < -0.3 is 0 Å². The molecule has 0 aliphatic heterocycles. The van der Waals surface area contributed by atoms with E-state index in [1.54, 1.807) is 24.3 Å². The number of hydrogen-bond acceptors (Lipinski definition) is 3. The molecule has 108 valence electrons. The zero-order chi connectivity index (χ0) is 14.8. The summed E-state index contributed by atoms with van der Waals surface area (Å²) in [5.41, 5.74) is -0.438. The number of fused-ring (bicyclic) bond motifs is 1. The van der Waals surface area contributed by atoms with Crippen LogP contribution in [0.4, 0.5) is 0 Å². The Kier molecular flexibility index (Phi) is 4.38. The van der Waals surface area contributed by atoms with Gasteiger partial charge in [-0.15, -0.1) is 0 Å². The fourth-order valence-electron chi connectivity index (χ4n) is 2.44. The van der Waals surface area contributed by atoms with Crippen molar-refractivity contribution in [3.63, 3.8) is 0 Å². The van der Waals surface area contributed by atoms with Gasteiger partial charge in [-0.2, -0.15) is 12.6 Å². The lowest BCUT2D eigenvalue weighted by molar-refractivity contribution is 0.241. The molecule has 1 heterocycles. The van der Waals surface area contributed by atoms with Crippen LogP contribution in [0.3, 0.4) is 0 Å². The van der Waals surface area contributed by atoms with Crippen molar-refractivity contribution in [2.75, 3.05) is 5.75 Å². The lowest BCUT2D eigenvalue weighted by Gasteiger charge is -2.30. The minimum atomic E-state index is -0.222. The Hall–Kier alpha value is -1.49. The van der Waals surface area contributed by atoms with Gasteiger partial charge in [0.05, 0.1) is 10.8 Å². The van der Waals surface area contributed by atoms with Crippen molar-refractivity contribution in [1.82, 2.24) is 9.78 Å². The first-order valence-electron chi connectivity index (χ1n) is 6.89. The topological polar surface area (TPSA) is 54.9 Å². The van der Waals surface area contributed by atoms with Crippen LogP contribution in [0, 0.1) is 5.41 Å². The number of rotatable bonds is 5. The summed E-state index contributed by atoms with van der Waals surface area (Å²) in [5.74, 6) is 0.682. The van der Waals surface area contributed by atoms with Gasteiger partial charge in [-0.1, -0.05) is 26.0 Å². The number of nitrogens with zero attached hydrogens (tertiary/aromatic N) is 1. The SMILES string of the molecule is CCC(CC)(CS)Cn1[nH]c(=O)c2ccccc2c1=O. The molecule has 0 amide bonds. The van der Waals surface area contributed by atoms with Crippen molar-refractivity contribution >= 4 is 23.4 Å². The minimum absolute atomic E-state index is 0.0711. The smallest absolute Gasteiger partial charge is 0.267 e. The normalized spacial score (nSPS) is 11.9. The van der Waals surface area contributed by atoms with E-state index in [2.05, 4.69) is 31.6 Å². The van der Waals surface area contributed by atoms with Crippen molar-refractivity contribution in [2.24, 2.45) is 5.41 Å². The Morgan fingerprint density at radius 1 is 1.15 bits per heavy atom. The number of hydrogen-bond donors (Lipinski definition) is 2. The van der Waals surface area contributed by atoms with Crippen LogP contribution in [-0.4, -0.2) is 15.5 Å². The minimum Gasteiger partial charge on any atom is -0.267 e. The molecule has 1 aromatic carbocycles. The molecular weight excluding hydrogens is 272 g/mol. The molecular formula is C15H20N2O2S. The monoisotopic (exact) mass is 292 g/mol. The first-order chi connectivity index (χ1) is 9.56. The van der Waals surface area contributed by atoms with Gasteiger partial charge in [0, 0.05) is 6.54 Å².